The molecule has 1 aliphatic rings. The van der Waals surface area contributed by atoms with E-state index in [1.807, 2.05) is 24.4 Å². The van der Waals surface area contributed by atoms with Gasteiger partial charge < -0.3 is 4.57 Å². The Hall–Kier alpha value is -2.78. The van der Waals surface area contributed by atoms with Crippen LogP contribution in [0.15, 0.2) is 42.7 Å². The quantitative estimate of drug-likeness (QED) is 0.652. The number of aromatic nitrogens is 3. The minimum atomic E-state index is -0.222. The highest BCUT2D eigenvalue weighted by atomic mass is 19.1. The Morgan fingerprint density at radius 3 is 2.67 bits per heavy atom. The van der Waals surface area contributed by atoms with Crippen molar-refractivity contribution in [2.75, 3.05) is 19.6 Å². The molecule has 0 unspecified atom stereocenters. The third-order valence-corrected chi connectivity index (χ3v) is 5.36. The normalized spacial score (nSPS) is 15.9. The van der Waals surface area contributed by atoms with E-state index in [4.69, 9.17) is 10.2 Å². The van der Waals surface area contributed by atoms with Crippen LogP contribution in [0.25, 0.3) is 11.0 Å². The zero-order valence-electron chi connectivity index (χ0n) is 15.2. The van der Waals surface area contributed by atoms with E-state index < -0.39 is 0 Å². The fourth-order valence-electron chi connectivity index (χ4n) is 3.83. The van der Waals surface area contributed by atoms with Crippen LogP contribution in [-0.4, -0.2) is 39.1 Å². The van der Waals surface area contributed by atoms with E-state index in [2.05, 4.69) is 20.5 Å². The predicted octanol–water partition coefficient (Wildman–Crippen LogP) is 3.40. The first-order valence-corrected chi connectivity index (χ1v) is 9.36. The molecular weight excluding hydrogens is 341 g/mol. The van der Waals surface area contributed by atoms with Crippen LogP contribution in [-0.2, 0) is 13.0 Å². The summed E-state index contributed by atoms with van der Waals surface area (Å²) in [6.45, 7) is 3.11. The largest absolute Gasteiger partial charge is 0.322 e. The number of piperidine rings is 1. The second kappa shape index (κ2) is 7.85. The summed E-state index contributed by atoms with van der Waals surface area (Å²) in [6, 6.07) is 10.8. The molecule has 1 fully saturated rings. The Labute approximate surface area is 158 Å². The van der Waals surface area contributed by atoms with Crippen LogP contribution in [0.3, 0.4) is 0 Å². The highest BCUT2D eigenvalue weighted by Gasteiger charge is 2.22. The van der Waals surface area contributed by atoms with Gasteiger partial charge in [-0.05, 0) is 55.6 Å². The summed E-state index contributed by atoms with van der Waals surface area (Å²) in [6.07, 6.45) is 6.70. The van der Waals surface area contributed by atoms with Crippen molar-refractivity contribution >= 4 is 11.0 Å². The molecule has 5 nitrogen and oxygen atoms in total. The summed E-state index contributed by atoms with van der Waals surface area (Å²) in [4.78, 5) is 11.3. The zero-order chi connectivity index (χ0) is 18.6. The monoisotopic (exact) mass is 363 g/mol. The van der Waals surface area contributed by atoms with E-state index in [0.717, 1.165) is 54.8 Å². The number of fused-ring (bicyclic) bond motifs is 1. The fraction of sp³-hybridized carbons (Fsp3) is 0.381. The molecule has 3 heterocycles. The van der Waals surface area contributed by atoms with E-state index in [0.29, 0.717) is 19.0 Å². The van der Waals surface area contributed by atoms with Crippen LogP contribution < -0.4 is 0 Å². The lowest BCUT2D eigenvalue weighted by molar-refractivity contribution is 0.200. The lowest BCUT2D eigenvalue weighted by Gasteiger charge is -2.30. The van der Waals surface area contributed by atoms with Gasteiger partial charge in [0.25, 0.3) is 0 Å². The Bertz CT molecular complexity index is 949. The molecule has 0 atom stereocenters. The van der Waals surface area contributed by atoms with Crippen LogP contribution in [0.2, 0.25) is 0 Å². The minimum absolute atomic E-state index is 0.222. The summed E-state index contributed by atoms with van der Waals surface area (Å²) in [5, 5.41) is 8.86. The molecule has 0 amide bonds. The topological polar surface area (TPSA) is 57.7 Å². The maximum Gasteiger partial charge on any atom is 0.123 e. The van der Waals surface area contributed by atoms with E-state index >= 15 is 0 Å². The molecule has 1 saturated heterocycles. The van der Waals surface area contributed by atoms with Crippen molar-refractivity contribution in [2.24, 2.45) is 5.92 Å². The van der Waals surface area contributed by atoms with Gasteiger partial charge in [0.15, 0.2) is 0 Å². The molecule has 4 rings (SSSR count). The number of hydrogen-bond acceptors (Lipinski definition) is 4. The molecule has 0 saturated carbocycles. The third kappa shape index (κ3) is 3.99. The van der Waals surface area contributed by atoms with Crippen LogP contribution in [0.4, 0.5) is 4.39 Å². The maximum atomic E-state index is 13.2. The molecule has 0 bridgehead atoms. The van der Waals surface area contributed by atoms with E-state index in [-0.39, 0.29) is 5.82 Å². The molecule has 0 spiro atoms. The molecular formula is C21H22FN5. The predicted molar refractivity (Wildman–Crippen MR) is 102 cm³/mol. The highest BCUT2D eigenvalue weighted by molar-refractivity contribution is 5.74. The number of rotatable bonds is 5. The average molecular weight is 363 g/mol. The van der Waals surface area contributed by atoms with Crippen LogP contribution >= 0.6 is 0 Å². The van der Waals surface area contributed by atoms with Gasteiger partial charge in [0.05, 0.1) is 29.8 Å². The van der Waals surface area contributed by atoms with Gasteiger partial charge in [0.2, 0.25) is 0 Å². The number of imidazole rings is 1. The van der Waals surface area contributed by atoms with Gasteiger partial charge in [-0.25, -0.2) is 9.37 Å². The molecule has 1 aromatic carbocycles. The standard InChI is InChI=1S/C21H22FN5/c22-18-3-1-17(2-4-18)15-27-20-14-24-9-5-19(20)25-21(27)13-16-6-10-26(11-7-16)12-8-23/h1-5,9,14,16H,6-7,10-13,15H2. The molecule has 0 N–H and O–H groups in total. The van der Waals surface area contributed by atoms with Crippen LogP contribution in [0.5, 0.6) is 0 Å². The highest BCUT2D eigenvalue weighted by Crippen LogP contribution is 2.24. The van der Waals surface area contributed by atoms with Gasteiger partial charge in [-0.15, -0.1) is 0 Å². The summed E-state index contributed by atoms with van der Waals surface area (Å²) in [5.74, 6) is 1.40. The number of nitriles is 1. The van der Waals surface area contributed by atoms with Crippen LogP contribution in [0, 0.1) is 23.1 Å². The first-order chi connectivity index (χ1) is 13.2. The van der Waals surface area contributed by atoms with Crippen molar-refractivity contribution in [3.05, 3.63) is 59.9 Å². The number of hydrogen-bond donors (Lipinski definition) is 0. The molecule has 27 heavy (non-hydrogen) atoms. The minimum Gasteiger partial charge on any atom is -0.322 e. The van der Waals surface area contributed by atoms with Gasteiger partial charge in [0, 0.05) is 19.2 Å². The first-order valence-electron chi connectivity index (χ1n) is 9.36. The van der Waals surface area contributed by atoms with Crippen molar-refractivity contribution in [2.45, 2.75) is 25.8 Å². The van der Waals surface area contributed by atoms with Gasteiger partial charge in [0.1, 0.15) is 11.6 Å². The summed E-state index contributed by atoms with van der Waals surface area (Å²) < 4.78 is 15.4. The summed E-state index contributed by atoms with van der Waals surface area (Å²) in [7, 11) is 0. The molecule has 0 radical (unpaired) electrons. The lowest BCUT2D eigenvalue weighted by atomic mass is 9.93. The number of halogens is 1. The van der Waals surface area contributed by atoms with E-state index in [1.54, 1.807) is 6.20 Å². The lowest BCUT2D eigenvalue weighted by Crippen LogP contribution is -2.34. The van der Waals surface area contributed by atoms with Crippen LogP contribution in [0.1, 0.15) is 24.2 Å². The second-order valence-corrected chi connectivity index (χ2v) is 7.19. The average Bonchev–Trinajstić information content (AvgIpc) is 3.02. The summed E-state index contributed by atoms with van der Waals surface area (Å²) in [5.41, 5.74) is 3.01. The van der Waals surface area contributed by atoms with Gasteiger partial charge in [-0.3, -0.25) is 9.88 Å². The molecule has 1 aliphatic heterocycles. The fourth-order valence-corrected chi connectivity index (χ4v) is 3.83. The van der Waals surface area contributed by atoms with Gasteiger partial charge in [-0.1, -0.05) is 12.1 Å². The van der Waals surface area contributed by atoms with Crippen molar-refractivity contribution in [1.82, 2.24) is 19.4 Å². The Morgan fingerprint density at radius 2 is 1.93 bits per heavy atom. The van der Waals surface area contributed by atoms with Crippen molar-refractivity contribution in [3.63, 3.8) is 0 Å². The second-order valence-electron chi connectivity index (χ2n) is 7.19. The summed E-state index contributed by atoms with van der Waals surface area (Å²) >= 11 is 0. The van der Waals surface area contributed by atoms with E-state index in [9.17, 15) is 4.39 Å². The molecule has 3 aromatic rings. The van der Waals surface area contributed by atoms with Gasteiger partial charge >= 0.3 is 0 Å². The Kier molecular flexibility index (Phi) is 5.12. The van der Waals surface area contributed by atoms with Gasteiger partial charge in [-0.2, -0.15) is 5.26 Å². The van der Waals surface area contributed by atoms with Crippen molar-refractivity contribution < 1.29 is 4.39 Å². The first kappa shape index (κ1) is 17.6. The molecule has 0 aliphatic carbocycles. The van der Waals surface area contributed by atoms with E-state index in [1.165, 1.54) is 12.1 Å². The van der Waals surface area contributed by atoms with Crippen molar-refractivity contribution in [3.8, 4) is 6.07 Å². The number of benzene rings is 1. The Balaban J connectivity index is 1.57. The molecule has 6 heteroatoms. The molecule has 2 aromatic heterocycles. The smallest absolute Gasteiger partial charge is 0.123 e. The number of pyridine rings is 1. The van der Waals surface area contributed by atoms with Crippen molar-refractivity contribution in [1.29, 1.82) is 5.26 Å². The SMILES string of the molecule is N#CCN1CCC(Cc2nc3ccncc3n2Cc2ccc(F)cc2)CC1. The number of likely N-dealkylation sites (tertiary alicyclic amines) is 1. The molecule has 138 valence electrons. The Morgan fingerprint density at radius 1 is 1.15 bits per heavy atom. The third-order valence-electron chi connectivity index (χ3n) is 5.36. The zero-order valence-corrected chi connectivity index (χ0v) is 15.2. The maximum absolute atomic E-state index is 13.2. The number of nitrogens with zero attached hydrogens (tertiary/aromatic N) is 5.